The van der Waals surface area contributed by atoms with Crippen molar-refractivity contribution in [2.75, 3.05) is 0 Å². The molecule has 0 saturated carbocycles. The molecule has 9 nitrogen and oxygen atoms in total. The second kappa shape index (κ2) is 9.50. The van der Waals surface area contributed by atoms with Crippen molar-refractivity contribution in [3.8, 4) is 22.8 Å². The molecule has 0 aliphatic carbocycles. The Morgan fingerprint density at radius 3 is 2.39 bits per heavy atom. The van der Waals surface area contributed by atoms with Crippen molar-refractivity contribution in [1.82, 2.24) is 24.5 Å². The zero-order valence-electron chi connectivity index (χ0n) is 21.7. The number of benzene rings is 1. The van der Waals surface area contributed by atoms with E-state index in [1.807, 2.05) is 6.07 Å². The van der Waals surface area contributed by atoms with Gasteiger partial charge in [-0.15, -0.1) is 0 Å². The Bertz CT molecular complexity index is 1590. The lowest BCUT2D eigenvalue weighted by atomic mass is 10.1. The SMILES string of the molecule is Cn1ccc(-c2cc(OS(=O)(=O)C(F)(F)F)cc3c2cnn3-c2cccc(CO[Si](C)(C)C(C)(C)C)n2)n1. The second-order valence-electron chi connectivity index (χ2n) is 10.4. The fourth-order valence-corrected chi connectivity index (χ4v) is 4.80. The smallest absolute Gasteiger partial charge is 0.411 e. The van der Waals surface area contributed by atoms with Crippen LogP contribution in [0.25, 0.3) is 28.0 Å². The Morgan fingerprint density at radius 2 is 1.79 bits per heavy atom. The van der Waals surface area contributed by atoms with Crippen LogP contribution in [0.4, 0.5) is 13.2 Å². The summed E-state index contributed by atoms with van der Waals surface area (Å²) >= 11 is 0. The van der Waals surface area contributed by atoms with Gasteiger partial charge in [-0.1, -0.05) is 26.8 Å². The fraction of sp³-hybridized carbons (Fsp3) is 0.375. The number of aromatic nitrogens is 5. The molecular weight excluding hydrogens is 539 g/mol. The van der Waals surface area contributed by atoms with Gasteiger partial charge in [0.1, 0.15) is 5.75 Å². The molecule has 0 bridgehead atoms. The van der Waals surface area contributed by atoms with Crippen molar-refractivity contribution >= 4 is 29.3 Å². The van der Waals surface area contributed by atoms with Gasteiger partial charge in [-0.3, -0.25) is 4.68 Å². The van der Waals surface area contributed by atoms with Crippen LogP contribution in [0, 0.1) is 0 Å². The van der Waals surface area contributed by atoms with Crippen LogP contribution < -0.4 is 4.18 Å². The summed E-state index contributed by atoms with van der Waals surface area (Å²) in [6, 6.07) is 9.28. The fourth-order valence-electron chi connectivity index (χ4n) is 3.41. The molecule has 0 radical (unpaired) electrons. The van der Waals surface area contributed by atoms with Crippen LogP contribution >= 0.6 is 0 Å². The van der Waals surface area contributed by atoms with E-state index in [0.717, 1.165) is 0 Å². The third-order valence-electron chi connectivity index (χ3n) is 6.54. The average Bonchev–Trinajstić information content (AvgIpc) is 3.42. The van der Waals surface area contributed by atoms with Crippen molar-refractivity contribution in [2.45, 2.75) is 51.0 Å². The first kappa shape index (κ1) is 27.8. The molecule has 0 atom stereocenters. The van der Waals surface area contributed by atoms with Crippen molar-refractivity contribution in [2.24, 2.45) is 7.05 Å². The van der Waals surface area contributed by atoms with Crippen molar-refractivity contribution < 1.29 is 30.2 Å². The molecule has 204 valence electrons. The lowest BCUT2D eigenvalue weighted by molar-refractivity contribution is -0.0500. The molecule has 0 saturated heterocycles. The van der Waals surface area contributed by atoms with E-state index < -0.39 is 29.7 Å². The van der Waals surface area contributed by atoms with E-state index in [4.69, 9.17) is 4.43 Å². The molecule has 3 heterocycles. The number of nitrogens with zero attached hydrogens (tertiary/aromatic N) is 5. The van der Waals surface area contributed by atoms with Gasteiger partial charge in [0.25, 0.3) is 0 Å². The van der Waals surface area contributed by atoms with Gasteiger partial charge in [0.15, 0.2) is 14.1 Å². The highest BCUT2D eigenvalue weighted by atomic mass is 32.2. The van der Waals surface area contributed by atoms with E-state index in [2.05, 4.69) is 53.2 Å². The number of aryl methyl sites for hydroxylation is 1. The number of halogens is 3. The monoisotopic (exact) mass is 567 g/mol. The van der Waals surface area contributed by atoms with Gasteiger partial charge >= 0.3 is 15.6 Å². The zero-order valence-corrected chi connectivity index (χ0v) is 23.6. The van der Waals surface area contributed by atoms with Crippen LogP contribution in [0.3, 0.4) is 0 Å². The Balaban J connectivity index is 1.80. The number of fused-ring (bicyclic) bond motifs is 1. The molecule has 1 aromatic carbocycles. The van der Waals surface area contributed by atoms with E-state index in [1.165, 1.54) is 27.7 Å². The molecule has 0 amide bonds. The normalized spacial score (nSPS) is 13.3. The van der Waals surface area contributed by atoms with E-state index >= 15 is 0 Å². The summed E-state index contributed by atoms with van der Waals surface area (Å²) in [5, 5.41) is 9.23. The van der Waals surface area contributed by atoms with Crippen LogP contribution in [0.15, 0.2) is 48.8 Å². The molecular formula is C24H28F3N5O4SSi. The van der Waals surface area contributed by atoms with Crippen LogP contribution in [0.2, 0.25) is 18.1 Å². The van der Waals surface area contributed by atoms with Crippen molar-refractivity contribution in [3.63, 3.8) is 0 Å². The predicted octanol–water partition coefficient (Wildman–Crippen LogP) is 5.57. The molecule has 0 aliphatic heterocycles. The molecule has 0 unspecified atom stereocenters. The van der Waals surface area contributed by atoms with E-state index in [-0.39, 0.29) is 17.2 Å². The number of pyridine rings is 1. The van der Waals surface area contributed by atoms with E-state index in [9.17, 15) is 21.6 Å². The van der Waals surface area contributed by atoms with Gasteiger partial charge in [-0.2, -0.15) is 31.8 Å². The highest BCUT2D eigenvalue weighted by Crippen LogP contribution is 2.38. The van der Waals surface area contributed by atoms with E-state index in [0.29, 0.717) is 28.2 Å². The second-order valence-corrected chi connectivity index (χ2v) is 16.7. The minimum absolute atomic E-state index is 0.0117. The molecule has 4 aromatic rings. The lowest BCUT2D eigenvalue weighted by Crippen LogP contribution is -2.40. The Morgan fingerprint density at radius 1 is 1.08 bits per heavy atom. The Hall–Kier alpha value is -3.23. The van der Waals surface area contributed by atoms with Crippen molar-refractivity contribution in [1.29, 1.82) is 0 Å². The summed E-state index contributed by atoms with van der Waals surface area (Å²) in [7, 11) is -6.26. The minimum Gasteiger partial charge on any atom is -0.411 e. The number of alkyl halides is 3. The maximum Gasteiger partial charge on any atom is 0.534 e. The molecule has 0 aliphatic rings. The van der Waals surface area contributed by atoms with E-state index in [1.54, 1.807) is 31.4 Å². The maximum absolute atomic E-state index is 13.1. The summed E-state index contributed by atoms with van der Waals surface area (Å²) in [6.07, 6.45) is 3.17. The third-order valence-corrected chi connectivity index (χ3v) is 12.0. The van der Waals surface area contributed by atoms with Gasteiger partial charge in [0, 0.05) is 30.3 Å². The number of rotatable bonds is 7. The summed E-state index contributed by atoms with van der Waals surface area (Å²) in [4.78, 5) is 4.64. The summed E-state index contributed by atoms with van der Waals surface area (Å²) in [5.41, 5.74) is -3.91. The highest BCUT2D eigenvalue weighted by molar-refractivity contribution is 7.88. The van der Waals surface area contributed by atoms with Gasteiger partial charge in [0.2, 0.25) is 0 Å². The molecule has 4 rings (SSSR count). The average molecular weight is 568 g/mol. The summed E-state index contributed by atoms with van der Waals surface area (Å²) in [6.45, 7) is 11.0. The van der Waals surface area contributed by atoms with Gasteiger partial charge in [0.05, 0.1) is 29.7 Å². The number of hydrogen-bond acceptors (Lipinski definition) is 7. The molecule has 3 aromatic heterocycles. The highest BCUT2D eigenvalue weighted by Gasteiger charge is 2.48. The predicted molar refractivity (Wildman–Crippen MR) is 139 cm³/mol. The standard InChI is InChI=1S/C24H28F3N5O4SSi/c1-23(2,3)38(5,6)35-15-16-8-7-9-22(29-16)32-21-13-17(36-37(33,34)24(25,26)27)12-18(19(21)14-28-32)20-10-11-31(4)30-20/h7-14H,15H2,1-6H3. The lowest BCUT2D eigenvalue weighted by Gasteiger charge is -2.36. The number of hydrogen-bond donors (Lipinski definition) is 0. The quantitative estimate of drug-likeness (QED) is 0.163. The van der Waals surface area contributed by atoms with Gasteiger partial charge in [-0.25, -0.2) is 9.67 Å². The minimum atomic E-state index is -5.90. The summed E-state index contributed by atoms with van der Waals surface area (Å²) in [5.74, 6) is -0.159. The molecule has 14 heteroatoms. The van der Waals surface area contributed by atoms with Crippen LogP contribution in [0.5, 0.6) is 5.75 Å². The largest absolute Gasteiger partial charge is 0.534 e. The first-order chi connectivity index (χ1) is 17.5. The van der Waals surface area contributed by atoms with Crippen molar-refractivity contribution in [3.05, 3.63) is 54.5 Å². The first-order valence-corrected chi connectivity index (χ1v) is 15.9. The maximum atomic E-state index is 13.1. The first-order valence-electron chi connectivity index (χ1n) is 11.6. The zero-order chi connectivity index (χ0) is 28.1. The Labute approximate surface area is 219 Å². The van der Waals surface area contributed by atoms with Crippen LogP contribution in [0.1, 0.15) is 26.5 Å². The summed E-state index contributed by atoms with van der Waals surface area (Å²) < 4.78 is 76.3. The third kappa shape index (κ3) is 5.47. The molecule has 0 fully saturated rings. The van der Waals surface area contributed by atoms with Gasteiger partial charge < -0.3 is 8.61 Å². The topological polar surface area (TPSA) is 101 Å². The Kier molecular flexibility index (Phi) is 6.95. The molecule has 38 heavy (non-hydrogen) atoms. The van der Waals surface area contributed by atoms with Crippen LogP contribution in [-0.4, -0.2) is 46.8 Å². The van der Waals surface area contributed by atoms with Gasteiger partial charge in [-0.05, 0) is 42.4 Å². The molecule has 0 N–H and O–H groups in total. The van der Waals surface area contributed by atoms with Crippen LogP contribution in [-0.2, 0) is 28.2 Å². The molecule has 0 spiro atoms.